The van der Waals surface area contributed by atoms with Gasteiger partial charge >= 0.3 is 0 Å². The molecule has 0 aromatic heterocycles. The molecule has 0 bridgehead atoms. The van der Waals surface area contributed by atoms with Crippen molar-refractivity contribution in [2.75, 3.05) is 12.3 Å². The Hall–Kier alpha value is -1.22. The molecule has 2 atom stereocenters. The van der Waals surface area contributed by atoms with E-state index in [9.17, 15) is 4.79 Å². The van der Waals surface area contributed by atoms with E-state index in [0.717, 1.165) is 18.0 Å². The van der Waals surface area contributed by atoms with Crippen molar-refractivity contribution in [3.8, 4) is 0 Å². The SMILES string of the molecule is CC1CC(CC(=O)NCCc2ccc(N)cc2)CC(C)(C)C1.Cl. The molecular formula is C19H31ClN2O. The second-order valence-corrected chi connectivity index (χ2v) is 7.83. The highest BCUT2D eigenvalue weighted by molar-refractivity contribution is 5.85. The minimum atomic E-state index is 0. The Labute approximate surface area is 146 Å². The van der Waals surface area contributed by atoms with Crippen LogP contribution in [0.1, 0.15) is 52.0 Å². The van der Waals surface area contributed by atoms with E-state index in [-0.39, 0.29) is 18.3 Å². The topological polar surface area (TPSA) is 55.1 Å². The summed E-state index contributed by atoms with van der Waals surface area (Å²) < 4.78 is 0. The van der Waals surface area contributed by atoms with Crippen molar-refractivity contribution in [3.05, 3.63) is 29.8 Å². The molecule has 2 rings (SSSR count). The van der Waals surface area contributed by atoms with Crippen molar-refractivity contribution < 1.29 is 4.79 Å². The average molecular weight is 339 g/mol. The van der Waals surface area contributed by atoms with Crippen LogP contribution in [0.2, 0.25) is 0 Å². The first-order valence-corrected chi connectivity index (χ1v) is 8.45. The third-order valence-corrected chi connectivity index (χ3v) is 4.67. The number of anilines is 1. The second-order valence-electron chi connectivity index (χ2n) is 7.83. The van der Waals surface area contributed by atoms with Gasteiger partial charge in [-0.3, -0.25) is 4.79 Å². The van der Waals surface area contributed by atoms with Crippen molar-refractivity contribution in [2.24, 2.45) is 17.3 Å². The zero-order valence-corrected chi connectivity index (χ0v) is 15.4. The molecule has 1 fully saturated rings. The Balaban J connectivity index is 0.00000264. The highest BCUT2D eigenvalue weighted by atomic mass is 35.5. The predicted molar refractivity (Wildman–Crippen MR) is 99.7 cm³/mol. The molecule has 1 aromatic carbocycles. The molecular weight excluding hydrogens is 308 g/mol. The molecule has 23 heavy (non-hydrogen) atoms. The summed E-state index contributed by atoms with van der Waals surface area (Å²) in [4.78, 5) is 12.1. The first kappa shape index (κ1) is 19.8. The Morgan fingerprint density at radius 2 is 1.91 bits per heavy atom. The summed E-state index contributed by atoms with van der Waals surface area (Å²) >= 11 is 0. The number of amides is 1. The highest BCUT2D eigenvalue weighted by Gasteiger charge is 2.32. The Kier molecular flexibility index (Phi) is 7.40. The van der Waals surface area contributed by atoms with E-state index in [0.29, 0.717) is 24.3 Å². The van der Waals surface area contributed by atoms with E-state index in [1.807, 2.05) is 24.3 Å². The third-order valence-electron chi connectivity index (χ3n) is 4.67. The molecule has 1 aliphatic rings. The number of carbonyl (C=O) groups excluding carboxylic acids is 1. The molecule has 1 amide bonds. The van der Waals surface area contributed by atoms with Gasteiger partial charge in [-0.2, -0.15) is 0 Å². The molecule has 2 unspecified atom stereocenters. The van der Waals surface area contributed by atoms with Gasteiger partial charge in [0.1, 0.15) is 0 Å². The maximum absolute atomic E-state index is 12.1. The summed E-state index contributed by atoms with van der Waals surface area (Å²) in [5, 5.41) is 3.07. The first-order valence-electron chi connectivity index (χ1n) is 8.45. The Bertz CT molecular complexity index is 499. The maximum Gasteiger partial charge on any atom is 0.220 e. The van der Waals surface area contributed by atoms with Crippen LogP contribution in [0.5, 0.6) is 0 Å². The molecule has 0 spiro atoms. The molecule has 1 aromatic rings. The van der Waals surface area contributed by atoms with Crippen molar-refractivity contribution in [2.45, 2.75) is 52.9 Å². The average Bonchev–Trinajstić information content (AvgIpc) is 2.38. The van der Waals surface area contributed by atoms with Crippen LogP contribution in [-0.2, 0) is 11.2 Å². The van der Waals surface area contributed by atoms with Crippen molar-refractivity contribution in [1.29, 1.82) is 0 Å². The fourth-order valence-electron chi connectivity index (χ4n) is 4.06. The van der Waals surface area contributed by atoms with Gasteiger partial charge in [0, 0.05) is 18.7 Å². The number of rotatable bonds is 5. The molecule has 3 nitrogen and oxygen atoms in total. The lowest BCUT2D eigenvalue weighted by atomic mass is 9.67. The fourth-order valence-corrected chi connectivity index (χ4v) is 4.06. The van der Waals surface area contributed by atoms with Gasteiger partial charge in [0.05, 0.1) is 0 Å². The zero-order chi connectivity index (χ0) is 16.2. The third kappa shape index (κ3) is 6.82. The zero-order valence-electron chi connectivity index (χ0n) is 14.6. The molecule has 0 saturated heterocycles. The number of hydrogen-bond acceptors (Lipinski definition) is 2. The molecule has 3 N–H and O–H groups in total. The van der Waals surface area contributed by atoms with E-state index >= 15 is 0 Å². The molecule has 1 saturated carbocycles. The Morgan fingerprint density at radius 3 is 2.52 bits per heavy atom. The van der Waals surface area contributed by atoms with Gasteiger partial charge in [-0.05, 0) is 60.6 Å². The highest BCUT2D eigenvalue weighted by Crippen LogP contribution is 2.42. The van der Waals surface area contributed by atoms with E-state index < -0.39 is 0 Å². The lowest BCUT2D eigenvalue weighted by molar-refractivity contribution is -0.122. The number of nitrogens with two attached hydrogens (primary N) is 1. The van der Waals surface area contributed by atoms with Crippen molar-refractivity contribution in [3.63, 3.8) is 0 Å². The smallest absolute Gasteiger partial charge is 0.220 e. The van der Waals surface area contributed by atoms with Crippen LogP contribution >= 0.6 is 12.4 Å². The lowest BCUT2D eigenvalue weighted by Gasteiger charge is -2.38. The van der Waals surface area contributed by atoms with E-state index in [4.69, 9.17) is 5.73 Å². The number of hydrogen-bond donors (Lipinski definition) is 2. The minimum absolute atomic E-state index is 0. The molecule has 1 aliphatic carbocycles. The lowest BCUT2D eigenvalue weighted by Crippen LogP contribution is -2.33. The standard InChI is InChI=1S/C19H30N2O.ClH/c1-14-10-16(13-19(2,3)12-14)11-18(22)21-9-8-15-4-6-17(20)7-5-15;/h4-7,14,16H,8-13,20H2,1-3H3,(H,21,22);1H. The second kappa shape index (κ2) is 8.58. The van der Waals surface area contributed by atoms with Gasteiger partial charge in [-0.1, -0.05) is 32.9 Å². The summed E-state index contributed by atoms with van der Waals surface area (Å²) in [6.07, 6.45) is 5.17. The molecule has 0 heterocycles. The number of nitrogen functional groups attached to an aromatic ring is 1. The molecule has 130 valence electrons. The number of benzene rings is 1. The van der Waals surface area contributed by atoms with Crippen LogP contribution in [0.3, 0.4) is 0 Å². The van der Waals surface area contributed by atoms with Crippen LogP contribution in [0.4, 0.5) is 5.69 Å². The van der Waals surface area contributed by atoms with Crippen molar-refractivity contribution in [1.82, 2.24) is 5.32 Å². The summed E-state index contributed by atoms with van der Waals surface area (Å²) in [5.41, 5.74) is 8.04. The maximum atomic E-state index is 12.1. The monoisotopic (exact) mass is 338 g/mol. The number of halogens is 1. The number of nitrogens with one attached hydrogen (secondary N) is 1. The van der Waals surface area contributed by atoms with Gasteiger partial charge in [-0.25, -0.2) is 0 Å². The minimum Gasteiger partial charge on any atom is -0.399 e. The quantitative estimate of drug-likeness (QED) is 0.790. The Morgan fingerprint density at radius 1 is 1.26 bits per heavy atom. The predicted octanol–water partition coefficient (Wildman–Crippen LogP) is 4.20. The summed E-state index contributed by atoms with van der Waals surface area (Å²) in [7, 11) is 0. The van der Waals surface area contributed by atoms with Gasteiger partial charge in [0.25, 0.3) is 0 Å². The molecule has 0 aliphatic heterocycles. The molecule has 0 radical (unpaired) electrons. The van der Waals surface area contributed by atoms with Gasteiger partial charge in [0.15, 0.2) is 0 Å². The number of carbonyl (C=O) groups is 1. The van der Waals surface area contributed by atoms with Crippen molar-refractivity contribution >= 4 is 24.0 Å². The van der Waals surface area contributed by atoms with Crippen LogP contribution in [0, 0.1) is 17.3 Å². The van der Waals surface area contributed by atoms with Gasteiger partial charge < -0.3 is 11.1 Å². The summed E-state index contributed by atoms with van der Waals surface area (Å²) in [5.74, 6) is 1.47. The van der Waals surface area contributed by atoms with Crippen LogP contribution in [0.15, 0.2) is 24.3 Å². The first-order chi connectivity index (χ1) is 10.3. The van der Waals surface area contributed by atoms with Gasteiger partial charge in [-0.15, -0.1) is 12.4 Å². The molecule has 4 heteroatoms. The largest absolute Gasteiger partial charge is 0.399 e. The van der Waals surface area contributed by atoms with E-state index in [1.165, 1.54) is 24.8 Å². The van der Waals surface area contributed by atoms with Crippen LogP contribution < -0.4 is 11.1 Å². The van der Waals surface area contributed by atoms with Gasteiger partial charge in [0.2, 0.25) is 5.91 Å². The van der Waals surface area contributed by atoms with Crippen LogP contribution in [-0.4, -0.2) is 12.5 Å². The van der Waals surface area contributed by atoms with E-state index in [1.54, 1.807) is 0 Å². The van der Waals surface area contributed by atoms with E-state index in [2.05, 4.69) is 26.1 Å². The fraction of sp³-hybridized carbons (Fsp3) is 0.632. The summed E-state index contributed by atoms with van der Waals surface area (Å²) in [6.45, 7) is 7.67. The normalized spacial score (nSPS) is 22.9. The van der Waals surface area contributed by atoms with Crippen LogP contribution in [0.25, 0.3) is 0 Å². The summed E-state index contributed by atoms with van der Waals surface area (Å²) in [6, 6.07) is 7.85.